The van der Waals surface area contributed by atoms with E-state index in [4.69, 9.17) is 0 Å². The molecule has 0 amide bonds. The molecular weight excluding hydrogens is 229 g/mol. The fraction of sp³-hybridized carbons (Fsp3) is 0.357. The molecule has 1 heterocycles. The molecule has 94 valence electrons. The van der Waals surface area contributed by atoms with Crippen molar-refractivity contribution < 1.29 is 4.39 Å². The third-order valence-corrected chi connectivity index (χ3v) is 3.53. The van der Waals surface area contributed by atoms with Crippen molar-refractivity contribution in [2.75, 3.05) is 6.54 Å². The number of nitrogens with zero attached hydrogens (tertiary/aromatic N) is 2. The van der Waals surface area contributed by atoms with Crippen LogP contribution in [0.2, 0.25) is 0 Å². The van der Waals surface area contributed by atoms with E-state index in [2.05, 4.69) is 10.3 Å². The fourth-order valence-corrected chi connectivity index (χ4v) is 2.61. The van der Waals surface area contributed by atoms with Crippen LogP contribution in [-0.2, 0) is 13.0 Å². The second kappa shape index (κ2) is 4.90. The zero-order valence-electron chi connectivity index (χ0n) is 10.1. The summed E-state index contributed by atoms with van der Waals surface area (Å²) in [6, 6.07) is 5.66. The first kappa shape index (κ1) is 11.4. The van der Waals surface area contributed by atoms with Crippen LogP contribution in [-0.4, -0.2) is 16.1 Å². The summed E-state index contributed by atoms with van der Waals surface area (Å²) < 4.78 is 15.6. The molecule has 18 heavy (non-hydrogen) atoms. The topological polar surface area (TPSA) is 29.9 Å². The molecule has 1 aliphatic rings. The molecule has 1 aliphatic carbocycles. The van der Waals surface area contributed by atoms with Crippen LogP contribution in [0.25, 0.3) is 0 Å². The highest BCUT2D eigenvalue weighted by atomic mass is 19.1. The molecular formula is C14H16FN3. The van der Waals surface area contributed by atoms with Crippen LogP contribution in [0.15, 0.2) is 36.9 Å². The average molecular weight is 245 g/mol. The van der Waals surface area contributed by atoms with Gasteiger partial charge in [-0.25, -0.2) is 9.37 Å². The number of halogens is 1. The lowest BCUT2D eigenvalue weighted by Crippen LogP contribution is -2.23. The molecule has 3 rings (SSSR count). The fourth-order valence-electron chi connectivity index (χ4n) is 2.61. The summed E-state index contributed by atoms with van der Waals surface area (Å²) in [4.78, 5) is 4.01. The van der Waals surface area contributed by atoms with Gasteiger partial charge in [-0.3, -0.25) is 0 Å². The molecule has 3 nitrogen and oxygen atoms in total. The van der Waals surface area contributed by atoms with Crippen LogP contribution in [0, 0.1) is 5.82 Å². The third-order valence-electron chi connectivity index (χ3n) is 3.53. The predicted molar refractivity (Wildman–Crippen MR) is 67.7 cm³/mol. The summed E-state index contributed by atoms with van der Waals surface area (Å²) in [5.74, 6) is -0.0635. The van der Waals surface area contributed by atoms with E-state index in [-0.39, 0.29) is 5.82 Å². The molecule has 0 saturated heterocycles. The van der Waals surface area contributed by atoms with Gasteiger partial charge in [-0.1, -0.05) is 12.1 Å². The van der Waals surface area contributed by atoms with Crippen molar-refractivity contribution in [1.82, 2.24) is 14.9 Å². The Morgan fingerprint density at radius 2 is 2.39 bits per heavy atom. The minimum absolute atomic E-state index is 0.0635. The Hall–Kier alpha value is -1.68. The smallest absolute Gasteiger partial charge is 0.126 e. The average Bonchev–Trinajstić information content (AvgIpc) is 3.00. The van der Waals surface area contributed by atoms with Crippen molar-refractivity contribution in [3.05, 3.63) is 53.9 Å². The van der Waals surface area contributed by atoms with E-state index in [1.54, 1.807) is 18.3 Å². The molecule has 1 aromatic carbocycles. The highest BCUT2D eigenvalue weighted by molar-refractivity contribution is 5.35. The first-order valence-electron chi connectivity index (χ1n) is 6.31. The Labute approximate surface area is 106 Å². The normalized spacial score (nSPS) is 17.9. The maximum absolute atomic E-state index is 13.6. The molecule has 0 spiro atoms. The van der Waals surface area contributed by atoms with Gasteiger partial charge >= 0.3 is 0 Å². The molecule has 1 atom stereocenters. The van der Waals surface area contributed by atoms with Crippen molar-refractivity contribution in [1.29, 1.82) is 0 Å². The van der Waals surface area contributed by atoms with Crippen LogP contribution in [0.3, 0.4) is 0 Å². The molecule has 0 fully saturated rings. The van der Waals surface area contributed by atoms with E-state index in [1.165, 1.54) is 0 Å². The summed E-state index contributed by atoms with van der Waals surface area (Å²) in [6.07, 6.45) is 7.36. The number of hydrogen-bond acceptors (Lipinski definition) is 2. The van der Waals surface area contributed by atoms with Crippen molar-refractivity contribution in [3.63, 3.8) is 0 Å². The Bertz CT molecular complexity index is 522. The zero-order chi connectivity index (χ0) is 12.4. The lowest BCUT2D eigenvalue weighted by Gasteiger charge is -2.14. The lowest BCUT2D eigenvalue weighted by molar-refractivity contribution is 0.501. The Balaban J connectivity index is 1.61. The van der Waals surface area contributed by atoms with Crippen LogP contribution in [0.1, 0.15) is 23.6 Å². The molecule has 2 aromatic rings. The quantitative estimate of drug-likeness (QED) is 0.895. The number of fused-ring (bicyclic) bond motifs is 1. The largest absolute Gasteiger partial charge is 0.336 e. The zero-order valence-corrected chi connectivity index (χ0v) is 10.1. The summed E-state index contributed by atoms with van der Waals surface area (Å²) >= 11 is 0. The van der Waals surface area contributed by atoms with E-state index >= 15 is 0 Å². The van der Waals surface area contributed by atoms with Gasteiger partial charge in [-0.05, 0) is 30.0 Å². The highest BCUT2D eigenvalue weighted by Crippen LogP contribution is 2.32. The number of aromatic nitrogens is 2. The second-order valence-electron chi connectivity index (χ2n) is 4.65. The van der Waals surface area contributed by atoms with E-state index in [9.17, 15) is 4.39 Å². The van der Waals surface area contributed by atoms with Crippen molar-refractivity contribution in [2.45, 2.75) is 25.4 Å². The van der Waals surface area contributed by atoms with Crippen LogP contribution < -0.4 is 5.32 Å². The predicted octanol–water partition coefficient (Wildman–Crippen LogP) is 2.30. The molecule has 0 radical (unpaired) electrons. The molecule has 1 aromatic heterocycles. The molecule has 0 bridgehead atoms. The maximum Gasteiger partial charge on any atom is 0.126 e. The van der Waals surface area contributed by atoms with Crippen LogP contribution in [0.5, 0.6) is 0 Å². The van der Waals surface area contributed by atoms with E-state index < -0.39 is 0 Å². The van der Waals surface area contributed by atoms with Gasteiger partial charge in [0.2, 0.25) is 0 Å². The summed E-state index contributed by atoms with van der Waals surface area (Å²) in [6.45, 7) is 1.76. The van der Waals surface area contributed by atoms with Gasteiger partial charge in [-0.2, -0.15) is 0 Å². The lowest BCUT2D eigenvalue weighted by atomic mass is 10.1. The maximum atomic E-state index is 13.6. The van der Waals surface area contributed by atoms with Crippen LogP contribution >= 0.6 is 0 Å². The number of rotatable bonds is 4. The SMILES string of the molecule is Fc1cccc2c1CCC2NCCn1ccnc1. The Kier molecular flexibility index (Phi) is 3.11. The highest BCUT2D eigenvalue weighted by Gasteiger charge is 2.23. The minimum atomic E-state index is -0.0635. The molecule has 1 unspecified atom stereocenters. The standard InChI is InChI=1S/C14H16FN3/c15-13-3-1-2-12-11(13)4-5-14(12)17-7-9-18-8-6-16-10-18/h1-3,6,8,10,14,17H,4-5,7,9H2. The van der Waals surface area contributed by atoms with Gasteiger partial charge in [-0.15, -0.1) is 0 Å². The number of nitrogens with one attached hydrogen (secondary N) is 1. The molecule has 1 N–H and O–H groups in total. The van der Waals surface area contributed by atoms with Gasteiger partial charge in [0.05, 0.1) is 6.33 Å². The first-order valence-corrected chi connectivity index (χ1v) is 6.31. The van der Waals surface area contributed by atoms with E-state index in [1.807, 2.05) is 23.2 Å². The third kappa shape index (κ3) is 2.16. The summed E-state index contributed by atoms with van der Waals surface area (Å²) in [5.41, 5.74) is 2.01. The van der Waals surface area contributed by atoms with E-state index in [0.29, 0.717) is 6.04 Å². The van der Waals surface area contributed by atoms with E-state index in [0.717, 1.165) is 37.1 Å². The van der Waals surface area contributed by atoms with Gasteiger partial charge in [0.25, 0.3) is 0 Å². The van der Waals surface area contributed by atoms with Gasteiger partial charge in [0.1, 0.15) is 5.82 Å². The minimum Gasteiger partial charge on any atom is -0.336 e. The molecule has 0 saturated carbocycles. The van der Waals surface area contributed by atoms with Crippen molar-refractivity contribution in [3.8, 4) is 0 Å². The number of hydrogen-bond donors (Lipinski definition) is 1. The van der Waals surface area contributed by atoms with Crippen molar-refractivity contribution in [2.24, 2.45) is 0 Å². The summed E-state index contributed by atoms with van der Waals surface area (Å²) in [5, 5.41) is 3.49. The Morgan fingerprint density at radius 1 is 1.44 bits per heavy atom. The first-order chi connectivity index (χ1) is 8.84. The van der Waals surface area contributed by atoms with Crippen molar-refractivity contribution >= 4 is 0 Å². The number of benzene rings is 1. The van der Waals surface area contributed by atoms with Gasteiger partial charge in [0, 0.05) is 31.5 Å². The number of imidazole rings is 1. The summed E-state index contributed by atoms with van der Waals surface area (Å²) in [7, 11) is 0. The monoisotopic (exact) mass is 245 g/mol. The Morgan fingerprint density at radius 3 is 3.22 bits per heavy atom. The molecule has 0 aliphatic heterocycles. The molecule has 4 heteroatoms. The van der Waals surface area contributed by atoms with Crippen LogP contribution in [0.4, 0.5) is 4.39 Å². The second-order valence-corrected chi connectivity index (χ2v) is 4.65. The van der Waals surface area contributed by atoms with Gasteiger partial charge < -0.3 is 9.88 Å². The van der Waals surface area contributed by atoms with Gasteiger partial charge in [0.15, 0.2) is 0 Å².